The normalized spacial score (nSPS) is 20.6. The molecule has 6 heteroatoms. The first-order valence-electron chi connectivity index (χ1n) is 6.15. The van der Waals surface area contributed by atoms with Gasteiger partial charge in [-0.1, -0.05) is 0 Å². The van der Waals surface area contributed by atoms with Crippen LogP contribution >= 0.6 is 0 Å². The molecule has 3 N–H and O–H groups in total. The molecule has 0 radical (unpaired) electrons. The molecule has 0 saturated carbocycles. The molecule has 1 atom stereocenters. The lowest BCUT2D eigenvalue weighted by molar-refractivity contribution is 0.0464. The highest BCUT2D eigenvalue weighted by Crippen LogP contribution is 2.26. The van der Waals surface area contributed by atoms with Crippen LogP contribution in [0.15, 0.2) is 12.5 Å². The fourth-order valence-electron chi connectivity index (χ4n) is 2.39. The zero-order chi connectivity index (χ0) is 12.5. The summed E-state index contributed by atoms with van der Waals surface area (Å²) >= 11 is 0. The Labute approximate surface area is 105 Å². The Hall–Kier alpha value is -1.66. The average Bonchev–Trinajstić information content (AvgIpc) is 2.81. The van der Waals surface area contributed by atoms with E-state index in [2.05, 4.69) is 26.8 Å². The van der Waals surface area contributed by atoms with Crippen LogP contribution in [-0.4, -0.2) is 47.3 Å². The summed E-state index contributed by atoms with van der Waals surface area (Å²) in [6, 6.07) is 0. The number of ether oxygens (including phenoxy) is 1. The molecule has 1 unspecified atom stereocenters. The highest BCUT2D eigenvalue weighted by molar-refractivity contribution is 5.90. The van der Waals surface area contributed by atoms with Crippen molar-refractivity contribution in [3.63, 3.8) is 0 Å². The lowest BCUT2D eigenvalue weighted by atomic mass is 10.2. The summed E-state index contributed by atoms with van der Waals surface area (Å²) in [5.74, 6) is 0.973. The minimum Gasteiger partial charge on any atom is -0.373 e. The number of nitrogens with one attached hydrogen (secondary N) is 1. The number of aromatic amines is 1. The number of anilines is 1. The minimum absolute atomic E-state index is 0.0861. The van der Waals surface area contributed by atoms with Crippen molar-refractivity contribution in [1.82, 2.24) is 15.0 Å². The average molecular weight is 247 g/mol. The zero-order valence-corrected chi connectivity index (χ0v) is 10.4. The summed E-state index contributed by atoms with van der Waals surface area (Å²) in [6.45, 7) is 4.92. The van der Waals surface area contributed by atoms with Crippen LogP contribution in [0.5, 0.6) is 0 Å². The lowest BCUT2D eigenvalue weighted by Crippen LogP contribution is -2.46. The van der Waals surface area contributed by atoms with E-state index in [9.17, 15) is 0 Å². The largest absolute Gasteiger partial charge is 0.373 e. The zero-order valence-electron chi connectivity index (χ0n) is 10.4. The van der Waals surface area contributed by atoms with Gasteiger partial charge in [0, 0.05) is 25.8 Å². The summed E-state index contributed by atoms with van der Waals surface area (Å²) in [6.07, 6.45) is 3.65. The van der Waals surface area contributed by atoms with Gasteiger partial charge in [-0.25, -0.2) is 9.97 Å². The van der Waals surface area contributed by atoms with Gasteiger partial charge < -0.3 is 20.4 Å². The second kappa shape index (κ2) is 4.55. The van der Waals surface area contributed by atoms with Gasteiger partial charge in [0.15, 0.2) is 0 Å². The van der Waals surface area contributed by atoms with Crippen molar-refractivity contribution in [3.8, 4) is 0 Å². The quantitative estimate of drug-likeness (QED) is 0.804. The molecule has 0 aromatic carbocycles. The van der Waals surface area contributed by atoms with Gasteiger partial charge in [-0.2, -0.15) is 0 Å². The Kier molecular flexibility index (Phi) is 2.89. The Bertz CT molecular complexity index is 552. The van der Waals surface area contributed by atoms with Crippen LogP contribution in [0.1, 0.15) is 5.56 Å². The molecule has 3 rings (SSSR count). The van der Waals surface area contributed by atoms with Gasteiger partial charge >= 0.3 is 0 Å². The van der Waals surface area contributed by atoms with Gasteiger partial charge in [-0.15, -0.1) is 0 Å². The monoisotopic (exact) mass is 247 g/mol. The maximum Gasteiger partial charge on any atom is 0.143 e. The van der Waals surface area contributed by atoms with Gasteiger partial charge in [-0.3, -0.25) is 0 Å². The van der Waals surface area contributed by atoms with Crippen molar-refractivity contribution in [2.45, 2.75) is 13.0 Å². The highest BCUT2D eigenvalue weighted by Gasteiger charge is 2.22. The van der Waals surface area contributed by atoms with Crippen molar-refractivity contribution >= 4 is 16.9 Å². The number of fused-ring (bicyclic) bond motifs is 1. The summed E-state index contributed by atoms with van der Waals surface area (Å²) in [4.78, 5) is 14.1. The summed E-state index contributed by atoms with van der Waals surface area (Å²) in [7, 11) is 0. The molecule has 1 saturated heterocycles. The van der Waals surface area contributed by atoms with Gasteiger partial charge in [0.2, 0.25) is 0 Å². The number of morpholine rings is 1. The minimum atomic E-state index is 0.0861. The van der Waals surface area contributed by atoms with Crippen LogP contribution in [0.4, 0.5) is 5.82 Å². The van der Waals surface area contributed by atoms with Crippen molar-refractivity contribution in [1.29, 1.82) is 0 Å². The molecule has 96 valence electrons. The van der Waals surface area contributed by atoms with E-state index in [1.54, 1.807) is 6.33 Å². The fraction of sp³-hybridized carbons (Fsp3) is 0.500. The number of aryl methyl sites for hydroxylation is 1. The standard InChI is InChI=1S/C12H17N5O/c1-8-5-14-11-10(8)12(16-7-15-11)17-2-3-18-9(4-13)6-17/h5,7,9H,2-4,6,13H2,1H3,(H,14,15,16). The van der Waals surface area contributed by atoms with Gasteiger partial charge in [0.05, 0.1) is 18.1 Å². The number of H-pyrrole nitrogens is 1. The Morgan fingerprint density at radius 3 is 3.28 bits per heavy atom. The highest BCUT2D eigenvalue weighted by atomic mass is 16.5. The predicted octanol–water partition coefficient (Wildman–Crippen LogP) is 0.430. The summed E-state index contributed by atoms with van der Waals surface area (Å²) in [5, 5.41) is 1.09. The molecule has 3 heterocycles. The van der Waals surface area contributed by atoms with Crippen molar-refractivity contribution in [2.24, 2.45) is 5.73 Å². The van der Waals surface area contributed by atoms with Gasteiger partial charge in [0.25, 0.3) is 0 Å². The van der Waals surface area contributed by atoms with E-state index in [4.69, 9.17) is 10.5 Å². The molecule has 1 aliphatic heterocycles. The third-order valence-electron chi connectivity index (χ3n) is 3.35. The fourth-order valence-corrected chi connectivity index (χ4v) is 2.39. The first-order valence-corrected chi connectivity index (χ1v) is 6.15. The molecule has 1 fully saturated rings. The van der Waals surface area contributed by atoms with Crippen LogP contribution < -0.4 is 10.6 Å². The van der Waals surface area contributed by atoms with Crippen LogP contribution in [0.3, 0.4) is 0 Å². The summed E-state index contributed by atoms with van der Waals surface area (Å²) < 4.78 is 5.58. The van der Waals surface area contributed by atoms with Gasteiger partial charge in [0.1, 0.15) is 17.8 Å². The van der Waals surface area contributed by atoms with E-state index in [0.29, 0.717) is 13.2 Å². The number of hydrogen-bond acceptors (Lipinski definition) is 5. The SMILES string of the molecule is Cc1c[nH]c2ncnc(N3CCOC(CN)C3)c12. The number of hydrogen-bond donors (Lipinski definition) is 2. The third kappa shape index (κ3) is 1.83. The van der Waals surface area contributed by atoms with E-state index in [0.717, 1.165) is 35.5 Å². The third-order valence-corrected chi connectivity index (χ3v) is 3.35. The topological polar surface area (TPSA) is 80.1 Å². The predicted molar refractivity (Wildman–Crippen MR) is 69.6 cm³/mol. The molecule has 0 spiro atoms. The number of aromatic nitrogens is 3. The number of nitrogens with zero attached hydrogens (tertiary/aromatic N) is 3. The molecule has 2 aromatic heterocycles. The Balaban J connectivity index is 2.00. The maximum absolute atomic E-state index is 5.68. The van der Waals surface area contributed by atoms with E-state index >= 15 is 0 Å². The van der Waals surface area contributed by atoms with Crippen molar-refractivity contribution in [3.05, 3.63) is 18.1 Å². The smallest absolute Gasteiger partial charge is 0.143 e. The van der Waals surface area contributed by atoms with Crippen LogP contribution in [-0.2, 0) is 4.74 Å². The lowest BCUT2D eigenvalue weighted by Gasteiger charge is -2.33. The van der Waals surface area contributed by atoms with Gasteiger partial charge in [-0.05, 0) is 12.5 Å². The molecular weight excluding hydrogens is 230 g/mol. The summed E-state index contributed by atoms with van der Waals surface area (Å²) in [5.41, 5.74) is 7.72. The van der Waals surface area contributed by atoms with E-state index in [-0.39, 0.29) is 6.10 Å². The van der Waals surface area contributed by atoms with Crippen LogP contribution in [0, 0.1) is 6.92 Å². The Morgan fingerprint density at radius 1 is 1.56 bits per heavy atom. The van der Waals surface area contributed by atoms with E-state index in [1.165, 1.54) is 0 Å². The second-order valence-electron chi connectivity index (χ2n) is 4.57. The van der Waals surface area contributed by atoms with Crippen molar-refractivity contribution < 1.29 is 4.74 Å². The number of rotatable bonds is 2. The van der Waals surface area contributed by atoms with Crippen LogP contribution in [0.25, 0.3) is 11.0 Å². The number of nitrogens with two attached hydrogens (primary N) is 1. The molecule has 6 nitrogen and oxygen atoms in total. The molecule has 18 heavy (non-hydrogen) atoms. The molecule has 2 aromatic rings. The van der Waals surface area contributed by atoms with Crippen LogP contribution in [0.2, 0.25) is 0 Å². The molecule has 0 amide bonds. The Morgan fingerprint density at radius 2 is 2.44 bits per heavy atom. The molecule has 0 bridgehead atoms. The first kappa shape index (κ1) is 11.4. The molecular formula is C12H17N5O. The molecule has 0 aliphatic carbocycles. The maximum atomic E-state index is 5.68. The second-order valence-corrected chi connectivity index (χ2v) is 4.57. The van der Waals surface area contributed by atoms with E-state index in [1.807, 2.05) is 6.20 Å². The molecule has 1 aliphatic rings. The first-order chi connectivity index (χ1) is 8.79. The van der Waals surface area contributed by atoms with E-state index < -0.39 is 0 Å². The van der Waals surface area contributed by atoms with Crippen molar-refractivity contribution in [2.75, 3.05) is 31.1 Å².